The molecule has 1 N–H and O–H groups in total. The number of H-pyrrole nitrogens is 1. The van der Waals surface area contributed by atoms with Crippen LogP contribution in [-0.4, -0.2) is 29.8 Å². The van der Waals surface area contributed by atoms with Crippen LogP contribution in [-0.2, 0) is 13.6 Å². The van der Waals surface area contributed by atoms with E-state index in [0.717, 1.165) is 23.3 Å². The molecule has 3 aromatic heterocycles. The van der Waals surface area contributed by atoms with Gasteiger partial charge in [-0.3, -0.25) is 14.1 Å². The molecule has 0 fully saturated rings. The molecule has 10 heteroatoms. The normalized spacial score (nSPS) is 11.6. The summed E-state index contributed by atoms with van der Waals surface area (Å²) >= 11 is 4.78. The third-order valence-corrected chi connectivity index (χ3v) is 5.47. The molecule has 0 aliphatic carbocycles. The van der Waals surface area contributed by atoms with Crippen molar-refractivity contribution >= 4 is 50.0 Å². The maximum Gasteiger partial charge on any atom is 0.350 e. The van der Waals surface area contributed by atoms with Crippen LogP contribution < -0.4 is 11.4 Å². The maximum absolute atomic E-state index is 12.2. The van der Waals surface area contributed by atoms with Crippen molar-refractivity contribution < 1.29 is 4.42 Å². The van der Waals surface area contributed by atoms with E-state index in [-0.39, 0.29) is 5.69 Å². The van der Waals surface area contributed by atoms with Crippen LogP contribution in [0.5, 0.6) is 0 Å². The van der Waals surface area contributed by atoms with E-state index < -0.39 is 5.69 Å². The number of nitrogens with zero attached hydrogens (tertiary/aromatic N) is 4. The minimum absolute atomic E-state index is 0.268. The fourth-order valence-electron chi connectivity index (χ4n) is 2.72. The molecule has 0 bridgehead atoms. The molecule has 0 radical (unpaired) electrons. The average Bonchev–Trinajstić information content (AvgIpc) is 3.17. The highest BCUT2D eigenvalue weighted by atomic mass is 79.9. The lowest BCUT2D eigenvalue weighted by molar-refractivity contribution is 0.489. The lowest BCUT2D eigenvalue weighted by Crippen LogP contribution is -2.21. The van der Waals surface area contributed by atoms with E-state index >= 15 is 0 Å². The van der Waals surface area contributed by atoms with Gasteiger partial charge in [-0.15, -0.1) is 0 Å². The summed E-state index contributed by atoms with van der Waals surface area (Å²) < 4.78 is 8.94. The molecule has 0 spiro atoms. The fourth-order valence-corrected chi connectivity index (χ4v) is 4.04. The van der Waals surface area contributed by atoms with Gasteiger partial charge in [0.05, 0.1) is 0 Å². The molecule has 4 aromatic rings. The molecule has 0 aliphatic rings. The molecule has 134 valence electrons. The number of oxazole rings is 1. The van der Waals surface area contributed by atoms with E-state index in [2.05, 4.69) is 30.9 Å². The van der Waals surface area contributed by atoms with Crippen molar-refractivity contribution in [2.75, 3.05) is 5.75 Å². The first-order valence-electron chi connectivity index (χ1n) is 7.88. The van der Waals surface area contributed by atoms with E-state index in [1.807, 2.05) is 24.3 Å². The molecule has 0 saturated carbocycles. The van der Waals surface area contributed by atoms with Gasteiger partial charge < -0.3 is 4.42 Å². The first-order valence-corrected chi connectivity index (χ1v) is 9.66. The first kappa shape index (κ1) is 17.1. The van der Waals surface area contributed by atoms with Gasteiger partial charge >= 0.3 is 11.4 Å². The Hall–Kier alpha value is -2.33. The molecule has 26 heavy (non-hydrogen) atoms. The van der Waals surface area contributed by atoms with Crippen molar-refractivity contribution in [2.24, 2.45) is 7.05 Å². The summed E-state index contributed by atoms with van der Waals surface area (Å²) in [6, 6.07) is 7.61. The first-order chi connectivity index (χ1) is 12.5. The quantitative estimate of drug-likeness (QED) is 0.293. The summed E-state index contributed by atoms with van der Waals surface area (Å²) in [5, 5.41) is 0.614. The SMILES string of the molecule is Cn1c(=O)nc(Br)c2c1[nH]c(=O)n2CCCSc1nc2ccccc2o1. The van der Waals surface area contributed by atoms with E-state index in [4.69, 9.17) is 4.42 Å². The van der Waals surface area contributed by atoms with E-state index in [9.17, 15) is 9.59 Å². The average molecular weight is 436 g/mol. The predicted molar refractivity (Wildman–Crippen MR) is 103 cm³/mol. The van der Waals surface area contributed by atoms with E-state index in [1.165, 1.54) is 16.3 Å². The van der Waals surface area contributed by atoms with Gasteiger partial charge in [0.25, 0.3) is 5.22 Å². The highest BCUT2D eigenvalue weighted by molar-refractivity contribution is 9.10. The number of aromatic nitrogens is 5. The fraction of sp³-hybridized carbons (Fsp3) is 0.250. The Morgan fingerprint density at radius 1 is 1.27 bits per heavy atom. The number of imidazole rings is 1. The zero-order chi connectivity index (χ0) is 18.3. The topological polar surface area (TPSA) is 98.7 Å². The number of rotatable bonds is 5. The van der Waals surface area contributed by atoms with E-state index in [0.29, 0.717) is 27.5 Å². The van der Waals surface area contributed by atoms with Crippen LogP contribution >= 0.6 is 27.7 Å². The van der Waals surface area contributed by atoms with Crippen LogP contribution in [0.15, 0.2) is 48.1 Å². The van der Waals surface area contributed by atoms with Crippen molar-refractivity contribution in [3.63, 3.8) is 0 Å². The highest BCUT2D eigenvalue weighted by Crippen LogP contribution is 2.24. The monoisotopic (exact) mass is 435 g/mol. The number of hydrogen-bond donors (Lipinski definition) is 1. The zero-order valence-electron chi connectivity index (χ0n) is 13.7. The molecule has 3 heterocycles. The Bertz CT molecular complexity index is 1190. The molecule has 0 saturated heterocycles. The second-order valence-corrected chi connectivity index (χ2v) is 7.47. The minimum Gasteiger partial charge on any atom is -0.431 e. The Kier molecular flexibility index (Phi) is 4.45. The molecule has 8 nitrogen and oxygen atoms in total. The van der Waals surface area contributed by atoms with Gasteiger partial charge in [0, 0.05) is 19.3 Å². The highest BCUT2D eigenvalue weighted by Gasteiger charge is 2.15. The lowest BCUT2D eigenvalue weighted by Gasteiger charge is -2.05. The summed E-state index contributed by atoms with van der Waals surface area (Å²) in [5.74, 6) is 0.739. The standard InChI is InChI=1S/C16H14BrN5O3S/c1-21-13-11(12(17)19-14(21)23)22(15(24)20-13)7-4-8-26-16-18-9-5-2-3-6-10(9)25-16/h2-3,5-6H,4,7-8H2,1H3,(H,20,24). The van der Waals surface area contributed by atoms with Gasteiger partial charge in [-0.25, -0.2) is 14.6 Å². The summed E-state index contributed by atoms with van der Waals surface area (Å²) in [7, 11) is 1.58. The Labute approximate surface area is 159 Å². The van der Waals surface area contributed by atoms with Crippen LogP contribution in [0, 0.1) is 0 Å². The Morgan fingerprint density at radius 2 is 2.08 bits per heavy atom. The number of thioether (sulfide) groups is 1. The van der Waals surface area contributed by atoms with Crippen LogP contribution in [0.4, 0.5) is 0 Å². The second-order valence-electron chi connectivity index (χ2n) is 5.67. The van der Waals surface area contributed by atoms with E-state index in [1.54, 1.807) is 11.6 Å². The van der Waals surface area contributed by atoms with Crippen molar-refractivity contribution in [1.29, 1.82) is 0 Å². The van der Waals surface area contributed by atoms with Crippen LogP contribution in [0.3, 0.4) is 0 Å². The largest absolute Gasteiger partial charge is 0.431 e. The minimum atomic E-state index is -0.427. The second kappa shape index (κ2) is 6.76. The third kappa shape index (κ3) is 2.99. The van der Waals surface area contributed by atoms with Gasteiger partial charge in [0.2, 0.25) is 0 Å². The van der Waals surface area contributed by atoms with Crippen molar-refractivity contribution in [2.45, 2.75) is 18.2 Å². The number of aromatic amines is 1. The predicted octanol–water partition coefficient (Wildman–Crippen LogP) is 2.51. The number of benzene rings is 1. The van der Waals surface area contributed by atoms with Gasteiger partial charge in [-0.2, -0.15) is 4.98 Å². The van der Waals surface area contributed by atoms with Crippen molar-refractivity contribution in [3.05, 3.63) is 49.8 Å². The lowest BCUT2D eigenvalue weighted by atomic mass is 10.3. The molecule has 0 amide bonds. The Balaban J connectivity index is 1.50. The summed E-state index contributed by atoms with van der Waals surface area (Å²) in [4.78, 5) is 35.0. The summed E-state index contributed by atoms with van der Waals surface area (Å²) in [6.45, 7) is 0.491. The molecular weight excluding hydrogens is 422 g/mol. The third-order valence-electron chi connectivity index (χ3n) is 4.00. The van der Waals surface area contributed by atoms with Gasteiger partial charge in [-0.1, -0.05) is 23.9 Å². The van der Waals surface area contributed by atoms with Crippen molar-refractivity contribution in [3.8, 4) is 0 Å². The van der Waals surface area contributed by atoms with Crippen LogP contribution in [0.2, 0.25) is 0 Å². The number of fused-ring (bicyclic) bond motifs is 2. The zero-order valence-corrected chi connectivity index (χ0v) is 16.1. The molecule has 1 aromatic carbocycles. The van der Waals surface area contributed by atoms with Gasteiger partial charge in [0.1, 0.15) is 21.3 Å². The summed E-state index contributed by atoms with van der Waals surface area (Å²) in [6.07, 6.45) is 0.728. The van der Waals surface area contributed by atoms with Crippen molar-refractivity contribution in [1.82, 2.24) is 24.1 Å². The number of nitrogens with one attached hydrogen (secondary N) is 1. The molecule has 4 rings (SSSR count). The molecule has 0 atom stereocenters. The number of para-hydroxylation sites is 2. The molecule has 0 aliphatic heterocycles. The maximum atomic E-state index is 12.2. The summed E-state index contributed by atoms with van der Waals surface area (Å²) in [5.41, 5.74) is 1.94. The number of hydrogen-bond acceptors (Lipinski definition) is 6. The molecule has 0 unspecified atom stereocenters. The molecular formula is C16H14BrN5O3S. The Morgan fingerprint density at radius 3 is 2.88 bits per heavy atom. The smallest absolute Gasteiger partial charge is 0.350 e. The van der Waals surface area contributed by atoms with Crippen LogP contribution in [0.1, 0.15) is 6.42 Å². The van der Waals surface area contributed by atoms with Gasteiger partial charge in [-0.05, 0) is 34.5 Å². The number of halogens is 1. The number of aryl methyl sites for hydroxylation is 2. The van der Waals surface area contributed by atoms with Crippen LogP contribution in [0.25, 0.3) is 22.3 Å². The van der Waals surface area contributed by atoms with Gasteiger partial charge in [0.15, 0.2) is 5.58 Å².